The first-order valence-corrected chi connectivity index (χ1v) is 30.8. The van der Waals surface area contributed by atoms with E-state index >= 15 is 0 Å². The Morgan fingerprint density at radius 2 is 0.977 bits per heavy atom. The first kappa shape index (κ1) is 68.1. The highest BCUT2D eigenvalue weighted by molar-refractivity contribution is 9.10. The number of carbonyl (C=O) groups excluding carboxylic acids is 3. The Bertz CT molecular complexity index is 3780. The normalized spacial score (nSPS) is 13.4. The standard InChI is InChI=1S/C32H36BrFN6O3.C25H31N5O4.C7H7BrFN.ClH/c1-4-28-24(29(38-23-8-10-43-11-9-23)25-18-37-40(5-2)30(25)39-28)17-36-32(42)22-13-19(3)12-21(15-22)31(41)35-16-20-6-7-27(34)26(33)14-20;1-4-21-19(13-26-24(31)16-10-15(3)11-17(12-16)25(32)33)22(28-18-6-8-34-9-7-18)20-14-27-30(5-2)23(20)29-21;8-6-3-5(4-10)1-2-7(6)9;/h6-7,12-15,18,23H,4-5,8-11,16-17H2,1-3H3,(H,35,41)(H,36,42)(H,38,39);10-12,14,18H,4-9,13H2,1-3H3,(H,26,31)(H,28,29)(H,32,33);1-3H,4,10H2;1H. The van der Waals surface area contributed by atoms with E-state index in [-0.39, 0.29) is 79.0 Å². The number of aromatic nitrogens is 6. The lowest BCUT2D eigenvalue weighted by atomic mass is 10.0. The van der Waals surface area contributed by atoms with Gasteiger partial charge < -0.3 is 46.9 Å². The van der Waals surface area contributed by atoms with Crippen LogP contribution in [0.3, 0.4) is 0 Å². The molecule has 2 aliphatic rings. The number of rotatable bonds is 19. The summed E-state index contributed by atoms with van der Waals surface area (Å²) in [6.07, 6.45) is 8.66. The van der Waals surface area contributed by atoms with Gasteiger partial charge in [0.15, 0.2) is 11.3 Å². The number of amides is 3. The van der Waals surface area contributed by atoms with Crippen LogP contribution >= 0.6 is 44.3 Å². The zero-order valence-corrected chi connectivity index (χ0v) is 54.1. The van der Waals surface area contributed by atoms with Gasteiger partial charge >= 0.3 is 5.97 Å². The van der Waals surface area contributed by atoms with Gasteiger partial charge in [-0.1, -0.05) is 26.0 Å². The maximum Gasteiger partial charge on any atom is 0.335 e. The number of fused-ring (bicyclic) bond motifs is 2. The molecule has 88 heavy (non-hydrogen) atoms. The molecule has 2 saturated heterocycles. The number of nitrogens with one attached hydrogen (secondary N) is 5. The van der Waals surface area contributed by atoms with Gasteiger partial charge in [0.2, 0.25) is 0 Å². The molecule has 24 heteroatoms. The summed E-state index contributed by atoms with van der Waals surface area (Å²) in [6, 6.07) is 19.6. The monoisotopic (exact) mass is 1350 g/mol. The number of nitrogens with two attached hydrogens (primary N) is 1. The molecule has 0 bridgehead atoms. The van der Waals surface area contributed by atoms with Gasteiger partial charge in [-0.15, -0.1) is 12.4 Å². The van der Waals surface area contributed by atoms with E-state index in [2.05, 4.69) is 75.6 Å². The number of halogens is 5. The van der Waals surface area contributed by atoms with Crippen molar-refractivity contribution in [3.05, 3.63) is 173 Å². The van der Waals surface area contributed by atoms with Crippen LogP contribution in [-0.4, -0.2) is 96.8 Å². The molecule has 468 valence electrons. The summed E-state index contributed by atoms with van der Waals surface area (Å²) in [5, 5.41) is 36.6. The summed E-state index contributed by atoms with van der Waals surface area (Å²) in [7, 11) is 0. The molecule has 0 aliphatic carbocycles. The molecule has 0 radical (unpaired) electrons. The molecule has 6 heterocycles. The average Bonchev–Trinajstić information content (AvgIpc) is 1.75. The van der Waals surface area contributed by atoms with Crippen molar-refractivity contribution in [1.82, 2.24) is 45.5 Å². The number of benzene rings is 4. The Balaban J connectivity index is 0.000000218. The molecule has 0 unspecified atom stereocenters. The third-order valence-corrected chi connectivity index (χ3v) is 16.3. The van der Waals surface area contributed by atoms with Gasteiger partial charge in [0, 0.05) is 117 Å². The Hall–Kier alpha value is -7.41. The zero-order valence-electron chi connectivity index (χ0n) is 50.1. The average molecular weight is 1360 g/mol. The SMILES string of the molecule is CCc1nc2c(cnn2CC)c(NC2CCOCC2)c1CNC(=O)c1cc(C)cc(C(=O)NCc2ccc(F)c(Br)c2)c1.CCc1nc2c(cnn2CC)c(NC2CCOCC2)c1CNC(=O)c1cc(C)cc(C(=O)O)c1.Cl.NCc1ccc(F)c(Br)c1. The second-order valence-corrected chi connectivity index (χ2v) is 22.9. The van der Waals surface area contributed by atoms with E-state index in [0.717, 1.165) is 104 Å². The number of carboxylic acid groups (broad SMARTS) is 1. The molecular weight excluding hydrogens is 1280 g/mol. The number of pyridine rings is 2. The van der Waals surface area contributed by atoms with Crippen LogP contribution in [0.15, 0.2) is 94.1 Å². The lowest BCUT2D eigenvalue weighted by Gasteiger charge is -2.26. The zero-order chi connectivity index (χ0) is 62.3. The van der Waals surface area contributed by atoms with E-state index in [4.69, 9.17) is 25.2 Å². The number of hydrogen-bond acceptors (Lipinski definition) is 13. The summed E-state index contributed by atoms with van der Waals surface area (Å²) in [6.45, 7) is 17.3. The van der Waals surface area contributed by atoms with Gasteiger partial charge in [-0.25, -0.2) is 32.9 Å². The number of aryl methyl sites for hydroxylation is 6. The minimum Gasteiger partial charge on any atom is -0.478 e. The van der Waals surface area contributed by atoms with E-state index in [1.54, 1.807) is 61.5 Å². The fourth-order valence-electron chi connectivity index (χ4n) is 10.4. The molecule has 8 N–H and O–H groups in total. The Labute approximate surface area is 533 Å². The maximum atomic E-state index is 13.6. The summed E-state index contributed by atoms with van der Waals surface area (Å²) in [5.41, 5.74) is 16.9. The van der Waals surface area contributed by atoms with Crippen molar-refractivity contribution in [2.24, 2.45) is 5.73 Å². The van der Waals surface area contributed by atoms with Gasteiger partial charge in [-0.05, 0) is 181 Å². The highest BCUT2D eigenvalue weighted by atomic mass is 79.9. The van der Waals surface area contributed by atoms with Crippen molar-refractivity contribution in [3.8, 4) is 0 Å². The van der Waals surface area contributed by atoms with Gasteiger partial charge in [0.25, 0.3) is 17.7 Å². The topological polar surface area (TPSA) is 255 Å². The van der Waals surface area contributed by atoms with Crippen LogP contribution in [0, 0.1) is 25.5 Å². The van der Waals surface area contributed by atoms with Crippen molar-refractivity contribution in [2.45, 2.75) is 131 Å². The Kier molecular flexibility index (Phi) is 24.9. The highest BCUT2D eigenvalue weighted by Crippen LogP contribution is 2.33. The molecule has 0 spiro atoms. The number of anilines is 2. The van der Waals surface area contributed by atoms with E-state index in [1.807, 2.05) is 49.5 Å². The maximum absolute atomic E-state index is 13.6. The van der Waals surface area contributed by atoms with Crippen LogP contribution in [-0.2, 0) is 61.6 Å². The third-order valence-electron chi connectivity index (χ3n) is 15.0. The Morgan fingerprint density at radius 1 is 0.591 bits per heavy atom. The van der Waals surface area contributed by atoms with E-state index in [9.17, 15) is 33.1 Å². The largest absolute Gasteiger partial charge is 0.478 e. The Morgan fingerprint density at radius 3 is 1.36 bits per heavy atom. The first-order valence-electron chi connectivity index (χ1n) is 29.2. The van der Waals surface area contributed by atoms with Crippen LogP contribution in [0.2, 0.25) is 0 Å². The van der Waals surface area contributed by atoms with Crippen molar-refractivity contribution in [3.63, 3.8) is 0 Å². The molecular formula is C64H75Br2ClF2N12O7. The minimum atomic E-state index is -1.06. The quantitative estimate of drug-likeness (QED) is 0.0398. The first-order chi connectivity index (χ1) is 41.9. The van der Waals surface area contributed by atoms with E-state index in [1.165, 1.54) is 18.2 Å². The van der Waals surface area contributed by atoms with E-state index < -0.39 is 5.97 Å². The van der Waals surface area contributed by atoms with E-state index in [0.29, 0.717) is 84.5 Å². The van der Waals surface area contributed by atoms with Gasteiger partial charge in [-0.3, -0.25) is 14.4 Å². The number of carbonyl (C=O) groups is 4. The van der Waals surface area contributed by atoms with Crippen LogP contribution in [0.5, 0.6) is 0 Å². The second kappa shape index (κ2) is 32.2. The number of ether oxygens (including phenoxy) is 2. The number of nitrogens with zero attached hydrogens (tertiary/aromatic N) is 6. The molecule has 4 aromatic heterocycles. The fraction of sp³-hybridized carbons (Fsp3) is 0.375. The minimum absolute atomic E-state index is 0. The third kappa shape index (κ3) is 17.3. The van der Waals surface area contributed by atoms with Crippen LogP contribution in [0.4, 0.5) is 20.2 Å². The summed E-state index contributed by atoms with van der Waals surface area (Å²) in [4.78, 5) is 60.7. The molecule has 4 aromatic carbocycles. The number of carboxylic acids is 1. The number of aromatic carboxylic acids is 1. The van der Waals surface area contributed by atoms with Crippen molar-refractivity contribution < 1.29 is 42.5 Å². The number of hydrogen-bond donors (Lipinski definition) is 7. The molecule has 3 amide bonds. The predicted molar refractivity (Wildman–Crippen MR) is 346 cm³/mol. The smallest absolute Gasteiger partial charge is 0.335 e. The molecule has 0 atom stereocenters. The lowest BCUT2D eigenvalue weighted by molar-refractivity contribution is 0.0696. The molecule has 2 aliphatic heterocycles. The van der Waals surface area contributed by atoms with Gasteiger partial charge in [0.1, 0.15) is 11.6 Å². The van der Waals surface area contributed by atoms with Gasteiger partial charge in [0.05, 0.1) is 49.0 Å². The molecule has 0 saturated carbocycles. The second-order valence-electron chi connectivity index (χ2n) is 21.2. The molecule has 2 fully saturated rings. The van der Waals surface area contributed by atoms with Crippen LogP contribution in [0.25, 0.3) is 22.1 Å². The van der Waals surface area contributed by atoms with Crippen LogP contribution < -0.4 is 32.3 Å². The predicted octanol–water partition coefficient (Wildman–Crippen LogP) is 11.7. The summed E-state index contributed by atoms with van der Waals surface area (Å²) < 4.78 is 41.8. The van der Waals surface area contributed by atoms with Gasteiger partial charge in [-0.2, -0.15) is 10.2 Å². The lowest BCUT2D eigenvalue weighted by Crippen LogP contribution is -2.30. The van der Waals surface area contributed by atoms with Crippen LogP contribution in [0.1, 0.15) is 140 Å². The fourth-order valence-corrected chi connectivity index (χ4v) is 11.3. The molecule has 8 aromatic rings. The van der Waals surface area contributed by atoms with Crippen molar-refractivity contribution >= 4 is 101 Å². The summed E-state index contributed by atoms with van der Waals surface area (Å²) in [5.74, 6) is -2.61. The molecule has 10 rings (SSSR count). The van der Waals surface area contributed by atoms with Crippen molar-refractivity contribution in [2.75, 3.05) is 37.1 Å². The summed E-state index contributed by atoms with van der Waals surface area (Å²) >= 11 is 6.23. The molecule has 19 nitrogen and oxygen atoms in total. The van der Waals surface area contributed by atoms with Crippen molar-refractivity contribution in [1.29, 1.82) is 0 Å². The highest BCUT2D eigenvalue weighted by Gasteiger charge is 2.25.